The Morgan fingerprint density at radius 1 is 0.968 bits per heavy atom. The molecule has 1 aliphatic carbocycles. The highest BCUT2D eigenvalue weighted by molar-refractivity contribution is 6.06. The van der Waals surface area contributed by atoms with Crippen LogP contribution in [-0.2, 0) is 5.54 Å². The van der Waals surface area contributed by atoms with Crippen molar-refractivity contribution in [1.82, 2.24) is 9.88 Å². The van der Waals surface area contributed by atoms with Crippen LogP contribution in [0.1, 0.15) is 43.0 Å². The third-order valence-electron chi connectivity index (χ3n) is 7.86. The van der Waals surface area contributed by atoms with E-state index in [4.69, 9.17) is 0 Å². The third kappa shape index (κ3) is 2.39. The highest BCUT2D eigenvalue weighted by atomic mass is 16.2. The number of nitrogens with one attached hydrogen (secondary N) is 1. The lowest BCUT2D eigenvalue weighted by atomic mass is 9.64. The molecule has 0 bridgehead atoms. The molecule has 6 rings (SSSR count). The van der Waals surface area contributed by atoms with Gasteiger partial charge in [-0.3, -0.25) is 14.3 Å². The summed E-state index contributed by atoms with van der Waals surface area (Å²) in [6, 6.07) is 16.4. The van der Waals surface area contributed by atoms with Crippen molar-refractivity contribution in [3.8, 4) is 0 Å². The monoisotopic (exact) mass is 414 g/mol. The second-order valence-corrected chi connectivity index (χ2v) is 9.32. The molecule has 2 aromatic carbocycles. The molecule has 2 fully saturated rings. The fraction of sp³-hybridized carbons (Fsp3) is 0.360. The van der Waals surface area contributed by atoms with Crippen LogP contribution in [0.3, 0.4) is 0 Å². The number of hydrogen-bond donors (Lipinski definition) is 1. The smallest absolute Gasteiger partial charge is 0.322 e. The molecule has 6 heteroatoms. The quantitative estimate of drug-likeness (QED) is 0.638. The van der Waals surface area contributed by atoms with E-state index in [1.54, 1.807) is 17.7 Å². The Labute approximate surface area is 181 Å². The van der Waals surface area contributed by atoms with Gasteiger partial charge in [0.25, 0.3) is 0 Å². The van der Waals surface area contributed by atoms with Gasteiger partial charge in [0, 0.05) is 36.8 Å². The summed E-state index contributed by atoms with van der Waals surface area (Å²) in [5.41, 5.74) is 4.41. The van der Waals surface area contributed by atoms with Gasteiger partial charge in [-0.05, 0) is 49.9 Å². The molecule has 3 aromatic rings. The summed E-state index contributed by atoms with van der Waals surface area (Å²) >= 11 is 0. The minimum absolute atomic E-state index is 0.0306. The number of anilines is 2. The molecular formula is C25H26N4O2. The lowest BCUT2D eigenvalue weighted by Gasteiger charge is -2.58. The predicted octanol–water partition coefficient (Wildman–Crippen LogP) is 4.49. The van der Waals surface area contributed by atoms with E-state index in [1.165, 1.54) is 11.3 Å². The molecule has 158 valence electrons. The van der Waals surface area contributed by atoms with Gasteiger partial charge in [0.15, 0.2) is 0 Å². The second-order valence-electron chi connectivity index (χ2n) is 9.32. The van der Waals surface area contributed by atoms with E-state index in [0.29, 0.717) is 6.54 Å². The van der Waals surface area contributed by atoms with Gasteiger partial charge in [-0.1, -0.05) is 24.3 Å². The molecule has 1 aromatic heterocycles. The Balaban J connectivity index is 1.28. The summed E-state index contributed by atoms with van der Waals surface area (Å²) in [5.74, 6) is -0.0306. The number of fused-ring (bicyclic) bond motifs is 3. The highest BCUT2D eigenvalue weighted by Gasteiger charge is 2.55. The van der Waals surface area contributed by atoms with Crippen LogP contribution in [0.2, 0.25) is 0 Å². The molecule has 1 saturated heterocycles. The number of carbonyl (C=O) groups excluding carboxylic acids is 2. The Bertz CT molecular complexity index is 1240. The maximum Gasteiger partial charge on any atom is 0.322 e. The molecule has 2 aliphatic heterocycles. The van der Waals surface area contributed by atoms with Crippen LogP contribution in [0.25, 0.3) is 10.9 Å². The number of hydrogen-bond acceptors (Lipinski definition) is 3. The summed E-state index contributed by atoms with van der Waals surface area (Å²) in [5, 5.41) is 4.27. The first-order valence-corrected chi connectivity index (χ1v) is 11.0. The normalized spacial score (nSPS) is 27.0. The molecule has 6 nitrogen and oxygen atoms in total. The fourth-order valence-electron chi connectivity index (χ4n) is 6.11. The molecule has 2 spiro atoms. The van der Waals surface area contributed by atoms with Crippen LogP contribution in [-0.4, -0.2) is 35.6 Å². The number of amides is 2. The Morgan fingerprint density at radius 2 is 1.71 bits per heavy atom. The van der Waals surface area contributed by atoms with Gasteiger partial charge < -0.3 is 10.2 Å². The van der Waals surface area contributed by atoms with Gasteiger partial charge >= 0.3 is 6.03 Å². The molecule has 3 heterocycles. The molecule has 0 unspecified atom stereocenters. The number of rotatable bonds is 1. The molecule has 2 amide bonds. The van der Waals surface area contributed by atoms with Crippen LogP contribution in [0.15, 0.2) is 54.7 Å². The Kier molecular flexibility index (Phi) is 3.65. The molecular weight excluding hydrogens is 388 g/mol. The maximum absolute atomic E-state index is 13.1. The van der Waals surface area contributed by atoms with E-state index in [9.17, 15) is 9.59 Å². The number of benzene rings is 2. The average molecular weight is 415 g/mol. The van der Waals surface area contributed by atoms with Gasteiger partial charge in [0.1, 0.15) is 0 Å². The number of para-hydroxylation sites is 1. The third-order valence-corrected chi connectivity index (χ3v) is 7.86. The summed E-state index contributed by atoms with van der Waals surface area (Å²) in [4.78, 5) is 29.3. The summed E-state index contributed by atoms with van der Waals surface area (Å²) in [6.45, 7) is 2.22. The van der Waals surface area contributed by atoms with Crippen LogP contribution >= 0.6 is 0 Å². The second kappa shape index (κ2) is 6.13. The SMILES string of the molecule is CC(=O)n1ccc2c(N3CC4(CCC5(CC4)c4ccccc4N5C)NC3=O)cccc21. The molecule has 3 aliphatic rings. The Morgan fingerprint density at radius 3 is 2.48 bits per heavy atom. The van der Waals surface area contributed by atoms with Gasteiger partial charge in [0.2, 0.25) is 5.91 Å². The first-order chi connectivity index (χ1) is 14.9. The van der Waals surface area contributed by atoms with E-state index in [1.807, 2.05) is 29.2 Å². The van der Waals surface area contributed by atoms with E-state index >= 15 is 0 Å². The fourth-order valence-corrected chi connectivity index (χ4v) is 6.11. The van der Waals surface area contributed by atoms with Crippen molar-refractivity contribution < 1.29 is 9.59 Å². The lowest BCUT2D eigenvalue weighted by Crippen LogP contribution is -2.59. The van der Waals surface area contributed by atoms with Crippen molar-refractivity contribution in [2.45, 2.75) is 43.7 Å². The number of aromatic nitrogens is 1. The molecule has 31 heavy (non-hydrogen) atoms. The summed E-state index contributed by atoms with van der Waals surface area (Å²) in [7, 11) is 2.19. The lowest BCUT2D eigenvalue weighted by molar-refractivity contribution is 0.0941. The topological polar surface area (TPSA) is 57.6 Å². The number of urea groups is 1. The van der Waals surface area contributed by atoms with Crippen molar-refractivity contribution in [2.75, 3.05) is 23.4 Å². The van der Waals surface area contributed by atoms with Crippen LogP contribution in [0.4, 0.5) is 16.2 Å². The minimum atomic E-state index is -0.195. The van der Waals surface area contributed by atoms with Gasteiger partial charge in [-0.15, -0.1) is 0 Å². The first kappa shape index (κ1) is 18.5. The molecule has 1 saturated carbocycles. The zero-order valence-electron chi connectivity index (χ0n) is 17.9. The standard InChI is InChI=1S/C25H26N4O2/c1-17(30)28-15-10-18-20(28)8-5-9-21(18)29-16-24(26-23(29)31)11-13-25(14-12-24)19-6-3-4-7-22(19)27(25)2/h3-10,15H,11-14,16H2,1-2H3,(H,26,31). The van der Waals surface area contributed by atoms with E-state index in [-0.39, 0.29) is 23.0 Å². The molecule has 1 N–H and O–H groups in total. The van der Waals surface area contributed by atoms with Gasteiger partial charge in [-0.2, -0.15) is 0 Å². The predicted molar refractivity (Wildman–Crippen MR) is 122 cm³/mol. The minimum Gasteiger partial charge on any atom is -0.364 e. The largest absolute Gasteiger partial charge is 0.364 e. The van der Waals surface area contributed by atoms with Gasteiger partial charge in [-0.25, -0.2) is 4.79 Å². The first-order valence-electron chi connectivity index (χ1n) is 11.0. The van der Waals surface area contributed by atoms with E-state index < -0.39 is 0 Å². The van der Waals surface area contributed by atoms with Crippen molar-refractivity contribution >= 4 is 34.2 Å². The summed E-state index contributed by atoms with van der Waals surface area (Å²) < 4.78 is 1.64. The summed E-state index contributed by atoms with van der Waals surface area (Å²) in [6.07, 6.45) is 5.78. The highest BCUT2D eigenvalue weighted by Crippen LogP contribution is 2.56. The van der Waals surface area contributed by atoms with Crippen LogP contribution in [0, 0.1) is 0 Å². The zero-order valence-corrected chi connectivity index (χ0v) is 17.9. The van der Waals surface area contributed by atoms with Crippen LogP contribution in [0.5, 0.6) is 0 Å². The molecule has 0 atom stereocenters. The van der Waals surface area contributed by atoms with E-state index in [0.717, 1.165) is 42.3 Å². The maximum atomic E-state index is 13.1. The van der Waals surface area contributed by atoms with Gasteiger partial charge in [0.05, 0.1) is 28.8 Å². The van der Waals surface area contributed by atoms with Crippen molar-refractivity contribution in [1.29, 1.82) is 0 Å². The number of carbonyl (C=O) groups is 2. The zero-order chi connectivity index (χ0) is 21.4. The van der Waals surface area contributed by atoms with Crippen molar-refractivity contribution in [3.05, 3.63) is 60.3 Å². The van der Waals surface area contributed by atoms with E-state index in [2.05, 4.69) is 41.5 Å². The van der Waals surface area contributed by atoms with Crippen LogP contribution < -0.4 is 15.1 Å². The van der Waals surface area contributed by atoms with Crippen molar-refractivity contribution in [3.63, 3.8) is 0 Å². The van der Waals surface area contributed by atoms with Crippen molar-refractivity contribution in [2.24, 2.45) is 0 Å². The molecule has 0 radical (unpaired) electrons. The Hall–Kier alpha value is -3.28. The average Bonchev–Trinajstić information content (AvgIpc) is 3.35. The number of nitrogens with zero attached hydrogens (tertiary/aromatic N) is 3.